The van der Waals surface area contributed by atoms with Crippen molar-refractivity contribution < 1.29 is 14.0 Å². The second kappa shape index (κ2) is 5.43. The molecule has 3 N–H and O–H groups in total. The number of halogens is 2. The van der Waals surface area contributed by atoms with Crippen molar-refractivity contribution in [2.75, 3.05) is 6.61 Å². The first-order valence-corrected chi connectivity index (χ1v) is 5.61. The van der Waals surface area contributed by atoms with E-state index in [0.717, 1.165) is 0 Å². The number of aromatic nitrogens is 2. The molecule has 0 aliphatic carbocycles. The van der Waals surface area contributed by atoms with Gasteiger partial charge in [-0.15, -0.1) is 0 Å². The van der Waals surface area contributed by atoms with Gasteiger partial charge in [-0.2, -0.15) is 4.98 Å². The summed E-state index contributed by atoms with van der Waals surface area (Å²) in [6, 6.07) is 3.68. The Morgan fingerprint density at radius 1 is 1.50 bits per heavy atom. The highest BCUT2D eigenvalue weighted by Crippen LogP contribution is 2.21. The zero-order chi connectivity index (χ0) is 13.1. The number of rotatable bonds is 4. The lowest BCUT2D eigenvalue weighted by molar-refractivity contribution is 0.236. The first kappa shape index (κ1) is 12.9. The molecular weight excluding hydrogens is 261 g/mol. The number of hydrogen-bond acceptors (Lipinski definition) is 5. The van der Waals surface area contributed by atoms with Gasteiger partial charge in [0.15, 0.2) is 5.82 Å². The van der Waals surface area contributed by atoms with Crippen molar-refractivity contribution in [3.63, 3.8) is 0 Å². The minimum Gasteiger partial charge on any atom is -0.394 e. The molecule has 1 aromatic carbocycles. The number of hydrogen-bond donors (Lipinski definition) is 2. The van der Waals surface area contributed by atoms with Crippen molar-refractivity contribution in [1.29, 1.82) is 0 Å². The number of benzene rings is 1. The minimum absolute atomic E-state index is 0.104. The minimum atomic E-state index is -0.734. The Labute approximate surface area is 107 Å². The van der Waals surface area contributed by atoms with Gasteiger partial charge in [-0.1, -0.05) is 22.8 Å². The van der Waals surface area contributed by atoms with Gasteiger partial charge < -0.3 is 15.4 Å². The molecule has 18 heavy (non-hydrogen) atoms. The van der Waals surface area contributed by atoms with E-state index < -0.39 is 11.9 Å². The zero-order valence-corrected chi connectivity index (χ0v) is 10.1. The standard InChI is InChI=1S/C11H11ClFN3O2/c12-7-2-1-3-8(13)6(7)4-10-15-11(18-16-10)9(14)5-17/h1-3,9,17H,4-5,14H2. The third-order valence-corrected chi connectivity index (χ3v) is 2.75. The largest absolute Gasteiger partial charge is 0.394 e. The fourth-order valence-corrected chi connectivity index (χ4v) is 1.66. The van der Waals surface area contributed by atoms with Crippen LogP contribution in [0.5, 0.6) is 0 Å². The van der Waals surface area contributed by atoms with Crippen LogP contribution in [-0.4, -0.2) is 21.9 Å². The fraction of sp³-hybridized carbons (Fsp3) is 0.273. The Hall–Kier alpha value is -1.50. The molecular formula is C11H11ClFN3O2. The maximum Gasteiger partial charge on any atom is 0.245 e. The lowest BCUT2D eigenvalue weighted by Gasteiger charge is -2.02. The van der Waals surface area contributed by atoms with Crippen LogP contribution in [0.1, 0.15) is 23.3 Å². The van der Waals surface area contributed by atoms with E-state index in [9.17, 15) is 4.39 Å². The summed E-state index contributed by atoms with van der Waals surface area (Å²) in [6.07, 6.45) is 0.104. The molecule has 1 atom stereocenters. The summed E-state index contributed by atoms with van der Waals surface area (Å²) >= 11 is 5.89. The third kappa shape index (κ3) is 2.66. The van der Waals surface area contributed by atoms with E-state index in [1.54, 1.807) is 6.07 Å². The van der Waals surface area contributed by atoms with E-state index in [1.807, 2.05) is 0 Å². The molecule has 5 nitrogen and oxygen atoms in total. The van der Waals surface area contributed by atoms with Crippen LogP contribution in [0.25, 0.3) is 0 Å². The molecule has 2 aromatic rings. The molecule has 0 spiro atoms. The lowest BCUT2D eigenvalue weighted by atomic mass is 10.1. The Morgan fingerprint density at radius 3 is 2.94 bits per heavy atom. The fourth-order valence-electron chi connectivity index (χ4n) is 1.43. The molecule has 1 aromatic heterocycles. The monoisotopic (exact) mass is 271 g/mol. The van der Waals surface area contributed by atoms with E-state index in [2.05, 4.69) is 10.1 Å². The summed E-state index contributed by atoms with van der Waals surface area (Å²) in [6.45, 7) is -0.303. The number of nitrogens with zero attached hydrogens (tertiary/aromatic N) is 2. The summed E-state index contributed by atoms with van der Waals surface area (Å²) in [5.74, 6) is -0.0545. The zero-order valence-electron chi connectivity index (χ0n) is 9.31. The van der Waals surface area contributed by atoms with Gasteiger partial charge in [0.25, 0.3) is 0 Å². The molecule has 0 bridgehead atoms. The van der Waals surface area contributed by atoms with E-state index in [4.69, 9.17) is 27.0 Å². The van der Waals surface area contributed by atoms with Crippen LogP contribution in [0.4, 0.5) is 4.39 Å². The lowest BCUT2D eigenvalue weighted by Crippen LogP contribution is -2.14. The first-order chi connectivity index (χ1) is 8.61. The predicted octanol–water partition coefficient (Wildman–Crippen LogP) is 1.45. The molecule has 7 heteroatoms. The quantitative estimate of drug-likeness (QED) is 0.879. The summed E-state index contributed by atoms with van der Waals surface area (Å²) < 4.78 is 18.4. The van der Waals surface area contributed by atoms with Crippen LogP contribution in [-0.2, 0) is 6.42 Å². The molecule has 2 rings (SSSR count). The molecule has 0 aliphatic rings. The Kier molecular flexibility index (Phi) is 3.90. The highest BCUT2D eigenvalue weighted by Gasteiger charge is 2.16. The van der Waals surface area contributed by atoms with Gasteiger partial charge in [-0.05, 0) is 12.1 Å². The summed E-state index contributed by atoms with van der Waals surface area (Å²) in [7, 11) is 0. The van der Waals surface area contributed by atoms with Gasteiger partial charge in [0.2, 0.25) is 5.89 Å². The number of aliphatic hydroxyl groups excluding tert-OH is 1. The summed E-state index contributed by atoms with van der Waals surface area (Å²) in [4.78, 5) is 3.97. The van der Waals surface area contributed by atoms with Gasteiger partial charge >= 0.3 is 0 Å². The molecule has 0 fully saturated rings. The van der Waals surface area contributed by atoms with Crippen molar-refractivity contribution in [2.24, 2.45) is 5.73 Å². The summed E-state index contributed by atoms with van der Waals surface area (Å²) in [5, 5.41) is 12.8. The average molecular weight is 272 g/mol. The number of aliphatic hydroxyl groups is 1. The van der Waals surface area contributed by atoms with Crippen molar-refractivity contribution in [1.82, 2.24) is 10.1 Å². The van der Waals surface area contributed by atoms with Gasteiger partial charge in [-0.25, -0.2) is 4.39 Å². The van der Waals surface area contributed by atoms with Crippen molar-refractivity contribution in [3.05, 3.63) is 46.3 Å². The van der Waals surface area contributed by atoms with E-state index in [1.165, 1.54) is 12.1 Å². The average Bonchev–Trinajstić information content (AvgIpc) is 2.81. The predicted molar refractivity (Wildman–Crippen MR) is 62.5 cm³/mol. The van der Waals surface area contributed by atoms with Crippen molar-refractivity contribution >= 4 is 11.6 Å². The topological polar surface area (TPSA) is 85.2 Å². The molecule has 0 radical (unpaired) electrons. The van der Waals surface area contributed by atoms with E-state index in [0.29, 0.717) is 10.6 Å². The van der Waals surface area contributed by atoms with Gasteiger partial charge in [0.1, 0.15) is 11.9 Å². The molecule has 0 saturated carbocycles. The van der Waals surface area contributed by atoms with Crippen molar-refractivity contribution in [3.8, 4) is 0 Å². The van der Waals surface area contributed by atoms with Gasteiger partial charge in [0, 0.05) is 17.0 Å². The van der Waals surface area contributed by atoms with E-state index >= 15 is 0 Å². The van der Waals surface area contributed by atoms with Crippen LogP contribution in [0.15, 0.2) is 22.7 Å². The molecule has 0 saturated heterocycles. The van der Waals surface area contributed by atoms with Gasteiger partial charge in [-0.3, -0.25) is 0 Å². The molecule has 96 valence electrons. The highest BCUT2D eigenvalue weighted by atomic mass is 35.5. The van der Waals surface area contributed by atoms with Crippen molar-refractivity contribution in [2.45, 2.75) is 12.5 Å². The summed E-state index contributed by atoms with van der Waals surface area (Å²) in [5.41, 5.74) is 5.81. The van der Waals surface area contributed by atoms with E-state index in [-0.39, 0.29) is 24.7 Å². The molecule has 1 unspecified atom stereocenters. The third-order valence-electron chi connectivity index (χ3n) is 2.39. The molecule has 0 aliphatic heterocycles. The second-order valence-electron chi connectivity index (χ2n) is 3.71. The highest BCUT2D eigenvalue weighted by molar-refractivity contribution is 6.31. The van der Waals surface area contributed by atoms with Crippen LogP contribution in [0.3, 0.4) is 0 Å². The number of nitrogens with two attached hydrogens (primary N) is 1. The maximum atomic E-state index is 13.5. The molecule has 0 amide bonds. The van der Waals surface area contributed by atoms with Crippen LogP contribution >= 0.6 is 11.6 Å². The van der Waals surface area contributed by atoms with Crippen LogP contribution < -0.4 is 5.73 Å². The van der Waals surface area contributed by atoms with Gasteiger partial charge in [0.05, 0.1) is 6.61 Å². The Balaban J connectivity index is 2.21. The first-order valence-electron chi connectivity index (χ1n) is 5.23. The maximum absolute atomic E-state index is 13.5. The SMILES string of the molecule is NC(CO)c1nc(Cc2c(F)cccc2Cl)no1. The smallest absolute Gasteiger partial charge is 0.245 e. The Bertz CT molecular complexity index is 527. The molecule has 1 heterocycles. The second-order valence-corrected chi connectivity index (χ2v) is 4.12. The van der Waals surface area contributed by atoms with Crippen LogP contribution in [0, 0.1) is 5.82 Å². The Morgan fingerprint density at radius 2 is 2.28 bits per heavy atom. The van der Waals surface area contributed by atoms with Crippen LogP contribution in [0.2, 0.25) is 5.02 Å². The normalized spacial score (nSPS) is 12.7.